The normalized spacial score (nSPS) is 20.5. The lowest BCUT2D eigenvalue weighted by atomic mass is 9.68. The van der Waals surface area contributed by atoms with E-state index >= 15 is 0 Å². The van der Waals surface area contributed by atoms with Crippen LogP contribution in [0.2, 0.25) is 4.47 Å². The average Bonchev–Trinajstić information content (AvgIpc) is 2.35. The van der Waals surface area contributed by atoms with E-state index in [1.807, 2.05) is 6.20 Å². The molecule has 2 N–H and O–H groups in total. The van der Waals surface area contributed by atoms with Gasteiger partial charge in [0.2, 0.25) is 0 Å². The van der Waals surface area contributed by atoms with E-state index in [0.29, 0.717) is 4.47 Å². The molecule has 1 heterocycles. The summed E-state index contributed by atoms with van der Waals surface area (Å²) in [7, 11) is 0. The Morgan fingerprint density at radius 3 is 2.75 bits per heavy atom. The Morgan fingerprint density at radius 2 is 2.42 bits per heavy atom. The van der Waals surface area contributed by atoms with E-state index in [4.69, 9.17) is 17.3 Å². The largest absolute Gasteiger partial charge is 0.330 e. The molecule has 2 nitrogen and oxygen atoms in total. The summed E-state index contributed by atoms with van der Waals surface area (Å²) in [5.41, 5.74) is 5.97. The van der Waals surface area contributed by atoms with Gasteiger partial charge >= 0.3 is 0 Å². The molecule has 0 aromatic carbocycles. The second kappa shape index (κ2) is 2.98. The highest BCUT2D eigenvalue weighted by atomic mass is 35.5. The first-order valence-electron chi connectivity index (χ1n) is 4.09. The molecule has 1 aliphatic rings. The van der Waals surface area contributed by atoms with Gasteiger partial charge in [-0.15, -0.1) is 11.3 Å². The van der Waals surface area contributed by atoms with Gasteiger partial charge in [-0.2, -0.15) is 0 Å². The highest BCUT2D eigenvalue weighted by Gasteiger charge is 2.38. The molecule has 0 aliphatic heterocycles. The molecule has 0 radical (unpaired) electrons. The summed E-state index contributed by atoms with van der Waals surface area (Å²) in [5, 5.41) is 0. The fraction of sp³-hybridized carbons (Fsp3) is 0.625. The van der Waals surface area contributed by atoms with Gasteiger partial charge in [-0.3, -0.25) is 0 Å². The van der Waals surface area contributed by atoms with Crippen LogP contribution in [0.25, 0.3) is 0 Å². The lowest BCUT2D eigenvalue weighted by Crippen LogP contribution is -2.40. The van der Waals surface area contributed by atoms with Gasteiger partial charge in [0.1, 0.15) is 0 Å². The second-order valence-corrected chi connectivity index (χ2v) is 4.93. The van der Waals surface area contributed by atoms with E-state index < -0.39 is 0 Å². The van der Waals surface area contributed by atoms with E-state index in [9.17, 15) is 0 Å². The van der Waals surface area contributed by atoms with Gasteiger partial charge in [0.25, 0.3) is 0 Å². The topological polar surface area (TPSA) is 38.9 Å². The second-order valence-electron chi connectivity index (χ2n) is 3.32. The van der Waals surface area contributed by atoms with Crippen molar-refractivity contribution in [3.05, 3.63) is 15.5 Å². The fourth-order valence-electron chi connectivity index (χ4n) is 1.65. The summed E-state index contributed by atoms with van der Waals surface area (Å²) in [5.74, 6) is 0. The third kappa shape index (κ3) is 1.16. The third-order valence-electron chi connectivity index (χ3n) is 2.70. The van der Waals surface area contributed by atoms with Crippen LogP contribution in [-0.4, -0.2) is 11.5 Å². The van der Waals surface area contributed by atoms with E-state index in [0.717, 1.165) is 6.54 Å². The minimum absolute atomic E-state index is 0.227. The maximum absolute atomic E-state index is 5.77. The summed E-state index contributed by atoms with van der Waals surface area (Å²) in [4.78, 5) is 5.31. The van der Waals surface area contributed by atoms with Gasteiger partial charge in [-0.1, -0.05) is 18.0 Å². The van der Waals surface area contributed by atoms with Crippen LogP contribution in [0.1, 0.15) is 24.1 Å². The van der Waals surface area contributed by atoms with Crippen molar-refractivity contribution >= 4 is 22.9 Å². The highest BCUT2D eigenvalue weighted by molar-refractivity contribution is 7.15. The van der Waals surface area contributed by atoms with Crippen molar-refractivity contribution in [3.63, 3.8) is 0 Å². The number of rotatable bonds is 2. The molecule has 1 aromatic heterocycles. The van der Waals surface area contributed by atoms with Crippen molar-refractivity contribution in [2.24, 2.45) is 5.73 Å². The molecule has 0 bridgehead atoms. The van der Waals surface area contributed by atoms with Crippen molar-refractivity contribution in [2.45, 2.75) is 24.7 Å². The predicted octanol–water partition coefficient (Wildman–Crippen LogP) is 2.18. The lowest BCUT2D eigenvalue weighted by Gasteiger charge is -2.39. The quantitative estimate of drug-likeness (QED) is 0.799. The third-order valence-corrected chi connectivity index (χ3v) is 4.06. The molecule has 1 aliphatic carbocycles. The Morgan fingerprint density at radius 1 is 1.67 bits per heavy atom. The molecule has 0 saturated heterocycles. The van der Waals surface area contributed by atoms with E-state index in [1.54, 1.807) is 11.3 Å². The average molecular weight is 203 g/mol. The summed E-state index contributed by atoms with van der Waals surface area (Å²) in [6.45, 7) is 0.728. The van der Waals surface area contributed by atoms with Crippen molar-refractivity contribution in [1.29, 1.82) is 0 Å². The van der Waals surface area contributed by atoms with E-state index in [2.05, 4.69) is 4.98 Å². The van der Waals surface area contributed by atoms with Crippen LogP contribution in [0, 0.1) is 0 Å². The summed E-state index contributed by atoms with van der Waals surface area (Å²) >= 11 is 7.34. The Hall–Kier alpha value is -0.120. The first-order chi connectivity index (χ1) is 5.77. The van der Waals surface area contributed by atoms with Crippen LogP contribution in [0.5, 0.6) is 0 Å². The van der Waals surface area contributed by atoms with Gasteiger partial charge in [0, 0.05) is 23.0 Å². The highest BCUT2D eigenvalue weighted by Crippen LogP contribution is 2.45. The predicted molar refractivity (Wildman–Crippen MR) is 51.7 cm³/mol. The van der Waals surface area contributed by atoms with Gasteiger partial charge in [0.15, 0.2) is 4.47 Å². The Balaban J connectivity index is 2.27. The number of hydrogen-bond donors (Lipinski definition) is 1. The van der Waals surface area contributed by atoms with Crippen molar-refractivity contribution in [3.8, 4) is 0 Å². The molecular formula is C8H11ClN2S. The number of nitrogens with zero attached hydrogens (tertiary/aromatic N) is 1. The first-order valence-corrected chi connectivity index (χ1v) is 5.28. The molecule has 0 amide bonds. The maximum Gasteiger partial charge on any atom is 0.183 e. The molecule has 66 valence electrons. The molecule has 2 rings (SSSR count). The number of thiazole rings is 1. The molecule has 0 unspecified atom stereocenters. The molecule has 12 heavy (non-hydrogen) atoms. The molecule has 1 fully saturated rings. The fourth-order valence-corrected chi connectivity index (χ4v) is 2.85. The van der Waals surface area contributed by atoms with Crippen LogP contribution in [-0.2, 0) is 5.41 Å². The number of nitrogens with two attached hydrogens (primary N) is 1. The zero-order chi connectivity index (χ0) is 8.60. The zero-order valence-electron chi connectivity index (χ0n) is 6.72. The van der Waals surface area contributed by atoms with Crippen LogP contribution in [0.15, 0.2) is 6.20 Å². The Bertz CT molecular complexity index is 275. The first kappa shape index (κ1) is 8.48. The Labute approximate surface area is 80.8 Å². The molecule has 0 atom stereocenters. The van der Waals surface area contributed by atoms with E-state index in [-0.39, 0.29) is 5.41 Å². The van der Waals surface area contributed by atoms with Crippen LogP contribution in [0.3, 0.4) is 0 Å². The van der Waals surface area contributed by atoms with Gasteiger partial charge in [-0.25, -0.2) is 4.98 Å². The number of halogens is 1. The van der Waals surface area contributed by atoms with Crippen molar-refractivity contribution in [1.82, 2.24) is 4.98 Å². The molecular weight excluding hydrogens is 192 g/mol. The molecule has 0 spiro atoms. The summed E-state index contributed by atoms with van der Waals surface area (Å²) < 4.78 is 0.629. The van der Waals surface area contributed by atoms with Gasteiger partial charge < -0.3 is 5.73 Å². The van der Waals surface area contributed by atoms with Crippen LogP contribution < -0.4 is 5.73 Å². The number of aromatic nitrogens is 1. The standard InChI is InChI=1S/C8H11ClN2S/c9-7-11-4-6(12-7)8(5-10)2-1-3-8/h4H,1-3,5,10H2. The number of hydrogen-bond acceptors (Lipinski definition) is 3. The summed E-state index contributed by atoms with van der Waals surface area (Å²) in [6, 6.07) is 0. The molecule has 1 saturated carbocycles. The van der Waals surface area contributed by atoms with Crippen LogP contribution >= 0.6 is 22.9 Å². The maximum atomic E-state index is 5.77. The van der Waals surface area contributed by atoms with Gasteiger partial charge in [-0.05, 0) is 12.8 Å². The monoisotopic (exact) mass is 202 g/mol. The van der Waals surface area contributed by atoms with E-state index in [1.165, 1.54) is 24.1 Å². The zero-order valence-corrected chi connectivity index (χ0v) is 8.29. The van der Waals surface area contributed by atoms with Crippen molar-refractivity contribution in [2.75, 3.05) is 6.54 Å². The van der Waals surface area contributed by atoms with Crippen LogP contribution in [0.4, 0.5) is 0 Å². The molecule has 1 aromatic rings. The minimum Gasteiger partial charge on any atom is -0.330 e. The van der Waals surface area contributed by atoms with Gasteiger partial charge in [0.05, 0.1) is 0 Å². The van der Waals surface area contributed by atoms with Crippen molar-refractivity contribution < 1.29 is 0 Å². The summed E-state index contributed by atoms with van der Waals surface area (Å²) in [6.07, 6.45) is 5.55. The minimum atomic E-state index is 0.227. The smallest absolute Gasteiger partial charge is 0.183 e. The molecule has 4 heteroatoms. The lowest BCUT2D eigenvalue weighted by molar-refractivity contribution is 0.258. The SMILES string of the molecule is NCC1(c2cnc(Cl)s2)CCC1. The Kier molecular flexibility index (Phi) is 2.10.